The molecule has 0 heterocycles. The van der Waals surface area contributed by atoms with Crippen LogP contribution in [0.1, 0.15) is 42.1 Å². The summed E-state index contributed by atoms with van der Waals surface area (Å²) < 4.78 is 0. The highest BCUT2D eigenvalue weighted by Crippen LogP contribution is 2.38. The number of benzene rings is 1. The average Bonchev–Trinajstić information content (AvgIpc) is 2.25. The van der Waals surface area contributed by atoms with Crippen LogP contribution in [0.4, 0.5) is 0 Å². The third-order valence-corrected chi connectivity index (χ3v) is 3.67. The van der Waals surface area contributed by atoms with Gasteiger partial charge >= 0.3 is 0 Å². The average molecular weight is 244 g/mol. The lowest BCUT2D eigenvalue weighted by atomic mass is 9.79. The van der Waals surface area contributed by atoms with Gasteiger partial charge in [0.25, 0.3) is 0 Å². The Kier molecular flexibility index (Phi) is 4.19. The lowest BCUT2D eigenvalue weighted by Crippen LogP contribution is -2.33. The Morgan fingerprint density at radius 1 is 1.06 bits per heavy atom. The molecule has 2 heteroatoms. The molecule has 0 saturated heterocycles. The summed E-state index contributed by atoms with van der Waals surface area (Å²) >= 11 is 0. The Morgan fingerprint density at radius 3 is 2.00 bits per heavy atom. The summed E-state index contributed by atoms with van der Waals surface area (Å²) in [5.41, 5.74) is 4.71. The van der Waals surface area contributed by atoms with E-state index in [0.717, 1.165) is 0 Å². The van der Waals surface area contributed by atoms with E-state index in [2.05, 4.69) is 43.9 Å². The van der Waals surface area contributed by atoms with Gasteiger partial charge in [0.15, 0.2) is 0 Å². The van der Waals surface area contributed by atoms with Crippen molar-refractivity contribution in [3.05, 3.63) is 34.4 Å². The third kappa shape index (κ3) is 2.73. The molecule has 1 aromatic rings. The number of hydrogen-bond acceptors (Lipinski definition) is 2. The molecule has 0 aliphatic rings. The predicted molar refractivity (Wildman–Crippen MR) is 76.5 cm³/mol. The van der Waals surface area contributed by atoms with E-state index in [9.17, 15) is 5.26 Å². The molecular formula is C16H24N2. The summed E-state index contributed by atoms with van der Waals surface area (Å²) in [6, 6.07) is 7.00. The van der Waals surface area contributed by atoms with E-state index in [1.165, 1.54) is 22.3 Å². The first-order valence-corrected chi connectivity index (χ1v) is 6.36. The molecule has 0 fully saturated rings. The Hall–Kier alpha value is -1.33. The molecule has 0 aliphatic heterocycles. The molecule has 1 atom stereocenters. The molecule has 0 bridgehead atoms. The summed E-state index contributed by atoms with van der Waals surface area (Å²) in [6.07, 6.45) is 0. The number of nitrogens with zero attached hydrogens (tertiary/aromatic N) is 2. The zero-order valence-electron chi connectivity index (χ0n) is 12.6. The Bertz CT molecular complexity index is 479. The second-order valence-electron chi connectivity index (χ2n) is 5.99. The van der Waals surface area contributed by atoms with Gasteiger partial charge in [-0.2, -0.15) is 5.26 Å². The maximum atomic E-state index is 9.41. The largest absolute Gasteiger partial charge is 0.301 e. The van der Waals surface area contributed by atoms with Crippen molar-refractivity contribution in [2.45, 2.75) is 40.7 Å². The fourth-order valence-electron chi connectivity index (χ4n) is 2.65. The van der Waals surface area contributed by atoms with E-state index in [1.54, 1.807) is 0 Å². The van der Waals surface area contributed by atoms with Crippen LogP contribution in [0.3, 0.4) is 0 Å². The van der Waals surface area contributed by atoms with Crippen LogP contribution in [0.2, 0.25) is 0 Å². The first-order chi connectivity index (χ1) is 8.20. The molecule has 18 heavy (non-hydrogen) atoms. The molecule has 0 spiro atoms. The highest BCUT2D eigenvalue weighted by Gasteiger charge is 2.33. The molecule has 0 saturated carbocycles. The second-order valence-corrected chi connectivity index (χ2v) is 5.99. The Morgan fingerprint density at radius 2 is 1.56 bits per heavy atom. The van der Waals surface area contributed by atoms with Crippen LogP contribution < -0.4 is 0 Å². The van der Waals surface area contributed by atoms with Gasteiger partial charge in [-0.3, -0.25) is 0 Å². The molecule has 1 rings (SSSR count). The highest BCUT2D eigenvalue weighted by molar-refractivity contribution is 5.39. The van der Waals surface area contributed by atoms with Gasteiger partial charge in [0.2, 0.25) is 0 Å². The fourth-order valence-corrected chi connectivity index (χ4v) is 2.65. The van der Waals surface area contributed by atoms with E-state index in [4.69, 9.17) is 0 Å². The lowest BCUT2D eigenvalue weighted by molar-refractivity contribution is 0.184. The summed E-state index contributed by atoms with van der Waals surface area (Å²) in [5.74, 6) is 0. The molecular weight excluding hydrogens is 220 g/mol. The van der Waals surface area contributed by atoms with Crippen LogP contribution in [-0.4, -0.2) is 19.0 Å². The van der Waals surface area contributed by atoms with Crippen molar-refractivity contribution in [1.29, 1.82) is 5.26 Å². The van der Waals surface area contributed by atoms with Crippen LogP contribution in [0.25, 0.3) is 0 Å². The van der Waals surface area contributed by atoms with E-state index in [0.29, 0.717) is 0 Å². The van der Waals surface area contributed by atoms with E-state index < -0.39 is 5.41 Å². The number of nitriles is 1. The zero-order chi connectivity index (χ0) is 14.1. The van der Waals surface area contributed by atoms with Crippen molar-refractivity contribution < 1.29 is 0 Å². The quantitative estimate of drug-likeness (QED) is 0.809. The first-order valence-electron chi connectivity index (χ1n) is 6.36. The van der Waals surface area contributed by atoms with Gasteiger partial charge in [0, 0.05) is 0 Å². The van der Waals surface area contributed by atoms with E-state index >= 15 is 0 Å². The van der Waals surface area contributed by atoms with Crippen LogP contribution in [0, 0.1) is 37.5 Å². The van der Waals surface area contributed by atoms with Crippen molar-refractivity contribution in [3.63, 3.8) is 0 Å². The van der Waals surface area contributed by atoms with Gasteiger partial charge in [-0.15, -0.1) is 0 Å². The zero-order valence-corrected chi connectivity index (χ0v) is 12.6. The van der Waals surface area contributed by atoms with Gasteiger partial charge in [0.05, 0.1) is 17.5 Å². The second kappa shape index (κ2) is 5.12. The van der Waals surface area contributed by atoms with Crippen molar-refractivity contribution in [3.8, 4) is 6.07 Å². The van der Waals surface area contributed by atoms with Gasteiger partial charge in [-0.05, 0) is 71.0 Å². The lowest BCUT2D eigenvalue weighted by Gasteiger charge is -2.35. The van der Waals surface area contributed by atoms with Crippen LogP contribution in [0.15, 0.2) is 12.1 Å². The molecule has 1 aromatic carbocycles. The number of aryl methyl sites for hydroxylation is 3. The molecule has 0 aliphatic carbocycles. The van der Waals surface area contributed by atoms with Crippen molar-refractivity contribution in [2.24, 2.45) is 5.41 Å². The van der Waals surface area contributed by atoms with Gasteiger partial charge < -0.3 is 4.90 Å². The van der Waals surface area contributed by atoms with Crippen LogP contribution in [0.5, 0.6) is 0 Å². The summed E-state index contributed by atoms with van der Waals surface area (Å²) in [5, 5.41) is 9.41. The molecule has 0 amide bonds. The molecule has 0 N–H and O–H groups in total. The van der Waals surface area contributed by atoms with Gasteiger partial charge in [-0.1, -0.05) is 12.1 Å². The maximum absolute atomic E-state index is 9.41. The van der Waals surface area contributed by atoms with Gasteiger partial charge in [0.1, 0.15) is 0 Å². The summed E-state index contributed by atoms with van der Waals surface area (Å²) in [6.45, 7) is 10.4. The van der Waals surface area contributed by atoms with E-state index in [1.807, 2.05) is 27.9 Å². The normalized spacial score (nSPS) is 13.5. The minimum absolute atomic E-state index is 0.113. The van der Waals surface area contributed by atoms with E-state index in [-0.39, 0.29) is 6.04 Å². The number of rotatable bonds is 3. The molecule has 0 radical (unpaired) electrons. The molecule has 98 valence electrons. The predicted octanol–water partition coefficient (Wildman–Crippen LogP) is 3.76. The first kappa shape index (κ1) is 14.7. The Labute approximate surface area is 111 Å². The van der Waals surface area contributed by atoms with Crippen LogP contribution in [-0.2, 0) is 0 Å². The molecule has 2 nitrogen and oxygen atoms in total. The minimum Gasteiger partial charge on any atom is -0.301 e. The van der Waals surface area contributed by atoms with Crippen molar-refractivity contribution >= 4 is 0 Å². The topological polar surface area (TPSA) is 27.0 Å². The fraction of sp³-hybridized carbons (Fsp3) is 0.562. The summed E-state index contributed by atoms with van der Waals surface area (Å²) in [4.78, 5) is 2.14. The summed E-state index contributed by atoms with van der Waals surface area (Å²) in [7, 11) is 4.08. The SMILES string of the molecule is Cc1cc(C)c(C(N(C)C)C(C)(C)C#N)cc1C. The van der Waals surface area contributed by atoms with Crippen molar-refractivity contribution in [1.82, 2.24) is 4.90 Å². The monoisotopic (exact) mass is 244 g/mol. The molecule has 0 aromatic heterocycles. The van der Waals surface area contributed by atoms with Crippen molar-refractivity contribution in [2.75, 3.05) is 14.1 Å². The molecule has 1 unspecified atom stereocenters. The third-order valence-electron chi connectivity index (χ3n) is 3.67. The highest BCUT2D eigenvalue weighted by atomic mass is 15.1. The Balaban J connectivity index is 3.41. The number of hydrogen-bond donors (Lipinski definition) is 0. The maximum Gasteiger partial charge on any atom is 0.0714 e. The minimum atomic E-state index is -0.407. The smallest absolute Gasteiger partial charge is 0.0714 e. The standard InChI is InChI=1S/C16H24N2/c1-11-8-13(3)14(9-12(11)2)15(18(6)7)16(4,5)10-17/h8-9,15H,1-7H3. The van der Waals surface area contributed by atoms with Crippen LogP contribution >= 0.6 is 0 Å². The van der Waals surface area contributed by atoms with Gasteiger partial charge in [-0.25, -0.2) is 0 Å².